The van der Waals surface area contributed by atoms with Crippen molar-refractivity contribution in [2.75, 3.05) is 27.4 Å². The minimum Gasteiger partial charge on any atom is -0.496 e. The zero-order valence-corrected chi connectivity index (χ0v) is 18.4. The van der Waals surface area contributed by atoms with Crippen molar-refractivity contribution < 1.29 is 19.4 Å². The number of aromatic carboxylic acids is 1. The molecule has 0 aliphatic carbocycles. The predicted octanol–water partition coefficient (Wildman–Crippen LogP) is 4.78. The van der Waals surface area contributed by atoms with Gasteiger partial charge in [-0.15, -0.1) is 0 Å². The number of hydrogen-bond donors (Lipinski definition) is 2. The first-order valence-corrected chi connectivity index (χ1v) is 10.7. The molecule has 0 saturated carbocycles. The highest BCUT2D eigenvalue weighted by molar-refractivity contribution is 5.88. The molecule has 1 aromatic heterocycles. The van der Waals surface area contributed by atoms with Crippen molar-refractivity contribution in [2.45, 2.75) is 32.4 Å². The van der Waals surface area contributed by atoms with E-state index in [2.05, 4.69) is 28.9 Å². The molecule has 1 aliphatic heterocycles. The van der Waals surface area contributed by atoms with Gasteiger partial charge >= 0.3 is 5.97 Å². The van der Waals surface area contributed by atoms with Crippen LogP contribution in [0, 0.1) is 12.8 Å². The summed E-state index contributed by atoms with van der Waals surface area (Å²) in [7, 11) is 3.48. The van der Waals surface area contributed by atoms with Crippen molar-refractivity contribution in [2.24, 2.45) is 5.92 Å². The smallest absolute Gasteiger partial charge is 0.335 e. The number of methoxy groups -OCH3 is 2. The van der Waals surface area contributed by atoms with Crippen molar-refractivity contribution in [3.05, 3.63) is 64.8 Å². The van der Waals surface area contributed by atoms with E-state index in [9.17, 15) is 9.90 Å². The Kier molecular flexibility index (Phi) is 6.30. The number of nitrogens with zero attached hydrogens (tertiary/aromatic N) is 1. The molecule has 0 radical (unpaired) electrons. The number of aromatic amines is 1. The third kappa shape index (κ3) is 4.31. The lowest BCUT2D eigenvalue weighted by atomic mass is 9.86. The summed E-state index contributed by atoms with van der Waals surface area (Å²) in [5.74, 6) is 0.490. The van der Waals surface area contributed by atoms with Crippen LogP contribution >= 0.6 is 0 Å². The summed E-state index contributed by atoms with van der Waals surface area (Å²) in [5.41, 5.74) is 4.95. The average Bonchev–Trinajstić information content (AvgIpc) is 3.27. The van der Waals surface area contributed by atoms with Gasteiger partial charge in [-0.1, -0.05) is 12.1 Å². The van der Waals surface area contributed by atoms with Gasteiger partial charge in [-0.3, -0.25) is 4.90 Å². The molecule has 0 amide bonds. The van der Waals surface area contributed by atoms with Crippen LogP contribution < -0.4 is 4.74 Å². The van der Waals surface area contributed by atoms with Gasteiger partial charge in [-0.25, -0.2) is 4.79 Å². The number of carboxylic acids is 1. The number of aryl methyl sites for hydroxylation is 1. The second-order valence-electron chi connectivity index (χ2n) is 8.40. The monoisotopic (exact) mass is 422 g/mol. The van der Waals surface area contributed by atoms with Crippen molar-refractivity contribution in [3.63, 3.8) is 0 Å². The van der Waals surface area contributed by atoms with Gasteiger partial charge in [0.1, 0.15) is 5.75 Å². The number of likely N-dealkylation sites (tertiary alicyclic amines) is 1. The van der Waals surface area contributed by atoms with E-state index in [4.69, 9.17) is 9.47 Å². The van der Waals surface area contributed by atoms with Crippen LogP contribution in [0.25, 0.3) is 10.9 Å². The zero-order chi connectivity index (χ0) is 22.0. The number of ether oxygens (including phenoxy) is 2. The van der Waals surface area contributed by atoms with Crippen LogP contribution in [0.2, 0.25) is 0 Å². The number of fused-ring (bicyclic) bond motifs is 1. The van der Waals surface area contributed by atoms with Crippen LogP contribution in [-0.2, 0) is 11.3 Å². The summed E-state index contributed by atoms with van der Waals surface area (Å²) in [6.45, 7) is 4.55. The third-order valence-corrected chi connectivity index (χ3v) is 6.46. The van der Waals surface area contributed by atoms with Crippen LogP contribution in [0.4, 0.5) is 0 Å². The first-order chi connectivity index (χ1) is 15.0. The van der Waals surface area contributed by atoms with Gasteiger partial charge in [-0.2, -0.15) is 0 Å². The van der Waals surface area contributed by atoms with Gasteiger partial charge in [-0.05, 0) is 67.6 Å². The van der Waals surface area contributed by atoms with Gasteiger partial charge in [0.2, 0.25) is 0 Å². The van der Waals surface area contributed by atoms with E-state index in [-0.39, 0.29) is 6.04 Å². The van der Waals surface area contributed by atoms with Gasteiger partial charge in [0, 0.05) is 49.0 Å². The first kappa shape index (κ1) is 21.4. The molecular weight excluding hydrogens is 392 g/mol. The van der Waals surface area contributed by atoms with Gasteiger partial charge in [0.05, 0.1) is 12.7 Å². The Morgan fingerprint density at radius 2 is 2.00 bits per heavy atom. The fourth-order valence-corrected chi connectivity index (χ4v) is 4.84. The minimum absolute atomic E-state index is 0.191. The van der Waals surface area contributed by atoms with E-state index < -0.39 is 5.97 Å². The lowest BCUT2D eigenvalue weighted by molar-refractivity contribution is 0.0579. The van der Waals surface area contributed by atoms with Crippen LogP contribution in [0.5, 0.6) is 5.75 Å². The molecule has 2 heterocycles. The van der Waals surface area contributed by atoms with Crippen LogP contribution in [0.3, 0.4) is 0 Å². The summed E-state index contributed by atoms with van der Waals surface area (Å²) in [5, 5.41) is 10.5. The summed E-state index contributed by atoms with van der Waals surface area (Å²) in [6.07, 6.45) is 4.03. The number of H-pyrrole nitrogens is 1. The van der Waals surface area contributed by atoms with E-state index in [1.54, 1.807) is 26.4 Å². The molecule has 1 saturated heterocycles. The molecule has 1 fully saturated rings. The third-order valence-electron chi connectivity index (χ3n) is 6.46. The molecule has 0 bridgehead atoms. The average molecular weight is 423 g/mol. The summed E-state index contributed by atoms with van der Waals surface area (Å²) in [4.78, 5) is 17.1. The quantitative estimate of drug-likeness (QED) is 0.573. The molecule has 6 heteroatoms. The lowest BCUT2D eigenvalue weighted by Gasteiger charge is -2.40. The van der Waals surface area contributed by atoms with Gasteiger partial charge in [0.25, 0.3) is 0 Å². The molecule has 164 valence electrons. The summed E-state index contributed by atoms with van der Waals surface area (Å²) < 4.78 is 11.2. The summed E-state index contributed by atoms with van der Waals surface area (Å²) >= 11 is 0. The van der Waals surface area contributed by atoms with Crippen molar-refractivity contribution in [1.82, 2.24) is 9.88 Å². The Balaban J connectivity index is 1.69. The maximum Gasteiger partial charge on any atom is 0.335 e. The van der Waals surface area contributed by atoms with E-state index in [1.807, 2.05) is 18.3 Å². The van der Waals surface area contributed by atoms with Crippen molar-refractivity contribution >= 4 is 16.9 Å². The normalized spacial score (nSPS) is 19.6. The predicted molar refractivity (Wildman–Crippen MR) is 121 cm³/mol. The van der Waals surface area contributed by atoms with Crippen LogP contribution in [0.15, 0.2) is 42.6 Å². The largest absolute Gasteiger partial charge is 0.496 e. The molecule has 3 aromatic rings. The number of rotatable bonds is 7. The Bertz CT molecular complexity index is 1060. The topological polar surface area (TPSA) is 74.8 Å². The summed E-state index contributed by atoms with van der Waals surface area (Å²) in [6, 6.07) is 11.7. The maximum atomic E-state index is 11.3. The highest BCUT2D eigenvalue weighted by Crippen LogP contribution is 2.39. The molecule has 0 spiro atoms. The lowest BCUT2D eigenvalue weighted by Crippen LogP contribution is -2.37. The SMILES string of the molecule is COC[C@@H]1CCN(Cc2c(OC)cc(C)c3[nH]ccc23)[C@H](c2ccc(C(=O)O)cc2)C1. The van der Waals surface area contributed by atoms with Crippen molar-refractivity contribution in [1.29, 1.82) is 0 Å². The highest BCUT2D eigenvalue weighted by Gasteiger charge is 2.31. The Labute approximate surface area is 182 Å². The van der Waals surface area contributed by atoms with Crippen LogP contribution in [-0.4, -0.2) is 48.3 Å². The van der Waals surface area contributed by atoms with Gasteiger partial charge in [0.15, 0.2) is 0 Å². The molecule has 31 heavy (non-hydrogen) atoms. The Morgan fingerprint density at radius 1 is 1.23 bits per heavy atom. The maximum absolute atomic E-state index is 11.3. The fraction of sp³-hybridized carbons (Fsp3) is 0.400. The molecule has 6 nitrogen and oxygen atoms in total. The molecule has 4 rings (SSSR count). The zero-order valence-electron chi connectivity index (χ0n) is 18.4. The van der Waals surface area contributed by atoms with Crippen LogP contribution in [0.1, 0.15) is 45.9 Å². The van der Waals surface area contributed by atoms with E-state index >= 15 is 0 Å². The number of aromatic nitrogens is 1. The Hall–Kier alpha value is -2.83. The molecule has 2 aromatic carbocycles. The number of nitrogens with one attached hydrogen (secondary N) is 1. The molecule has 1 aliphatic rings. The number of piperidine rings is 1. The molecule has 2 atom stereocenters. The van der Waals surface area contributed by atoms with E-state index in [0.717, 1.165) is 49.4 Å². The number of carboxylic acid groups (broad SMARTS) is 1. The van der Waals surface area contributed by atoms with E-state index in [1.165, 1.54) is 16.5 Å². The molecular formula is C25H30N2O4. The minimum atomic E-state index is -0.899. The van der Waals surface area contributed by atoms with Crippen molar-refractivity contribution in [3.8, 4) is 5.75 Å². The number of benzene rings is 2. The Morgan fingerprint density at radius 3 is 2.68 bits per heavy atom. The van der Waals surface area contributed by atoms with Gasteiger partial charge < -0.3 is 19.6 Å². The number of carbonyl (C=O) groups is 1. The second-order valence-corrected chi connectivity index (χ2v) is 8.40. The second kappa shape index (κ2) is 9.12. The van der Waals surface area contributed by atoms with E-state index in [0.29, 0.717) is 11.5 Å². The standard InChI is InChI=1S/C25H30N2O4/c1-16-12-23(31-3)21(20-8-10-26-24(16)20)14-27-11-9-17(15-30-2)13-22(27)18-4-6-19(7-5-18)25(28)29/h4-8,10,12,17,22,26H,9,11,13-15H2,1-3H3,(H,28,29)/t17-,22+/m1/s1. The highest BCUT2D eigenvalue weighted by atomic mass is 16.5. The number of hydrogen-bond acceptors (Lipinski definition) is 4. The molecule has 0 unspecified atom stereocenters. The fourth-order valence-electron chi connectivity index (χ4n) is 4.84. The molecule has 2 N–H and O–H groups in total. The first-order valence-electron chi connectivity index (χ1n) is 10.7.